The van der Waals surface area contributed by atoms with Crippen molar-refractivity contribution in [3.8, 4) is 5.75 Å². The van der Waals surface area contributed by atoms with Gasteiger partial charge in [-0.3, -0.25) is 4.90 Å². The zero-order valence-corrected chi connectivity index (χ0v) is 17.9. The van der Waals surface area contributed by atoms with Crippen LogP contribution < -0.4 is 4.74 Å². The molecule has 1 aromatic rings. The van der Waals surface area contributed by atoms with Gasteiger partial charge in [-0.05, 0) is 37.5 Å². The van der Waals surface area contributed by atoms with Crippen LogP contribution in [-0.4, -0.2) is 49.5 Å². The quantitative estimate of drug-likeness (QED) is 0.513. The topological polar surface area (TPSA) is 41.9 Å². The van der Waals surface area contributed by atoms with Crippen LogP contribution in [0, 0.1) is 0 Å². The minimum atomic E-state index is -0.755. The summed E-state index contributed by atoms with van der Waals surface area (Å²) < 4.78 is 11.0. The Morgan fingerprint density at radius 1 is 1.00 bits per heavy atom. The van der Waals surface area contributed by atoms with Gasteiger partial charge in [0.1, 0.15) is 5.75 Å². The second kappa shape index (κ2) is 13.4. The molecule has 1 N–H and O–H groups in total. The molecule has 0 aromatic heterocycles. The molecular weight excluding hydrogens is 362 g/mol. The molecule has 1 heterocycles. The van der Waals surface area contributed by atoms with Gasteiger partial charge in [-0.2, -0.15) is 0 Å². The summed E-state index contributed by atoms with van der Waals surface area (Å²) in [5.41, 5.74) is 0.264. The van der Waals surface area contributed by atoms with Crippen LogP contribution in [0.15, 0.2) is 24.3 Å². The van der Waals surface area contributed by atoms with Crippen LogP contribution >= 0.6 is 12.4 Å². The van der Waals surface area contributed by atoms with Crippen LogP contribution in [0.1, 0.15) is 64.4 Å². The number of halogens is 1. The molecule has 1 aliphatic rings. The molecule has 1 atom stereocenters. The standard InChI is InChI=1S/C22H37NO3.ClH/c1-3-5-6-7-8-13-22(24,14-15-23-16-18-25-19-17-23)20-9-11-21(12-10-20)26-4-2;/h9-12,24H,3-8,13-19H2,1-2H3;1H. The van der Waals surface area contributed by atoms with Crippen LogP contribution in [-0.2, 0) is 10.3 Å². The number of ether oxygens (including phenoxy) is 2. The van der Waals surface area contributed by atoms with Gasteiger partial charge in [-0.25, -0.2) is 0 Å². The molecule has 0 aliphatic carbocycles. The Bertz CT molecular complexity index is 491. The van der Waals surface area contributed by atoms with Gasteiger partial charge >= 0.3 is 0 Å². The first-order valence-electron chi connectivity index (χ1n) is 10.4. The van der Waals surface area contributed by atoms with E-state index in [9.17, 15) is 5.11 Å². The van der Waals surface area contributed by atoms with E-state index in [0.29, 0.717) is 6.61 Å². The summed E-state index contributed by atoms with van der Waals surface area (Å²) in [6.07, 6.45) is 7.68. The smallest absolute Gasteiger partial charge is 0.119 e. The van der Waals surface area contributed by atoms with E-state index in [4.69, 9.17) is 9.47 Å². The lowest BCUT2D eigenvalue weighted by molar-refractivity contribution is -0.0113. The predicted molar refractivity (Wildman–Crippen MR) is 114 cm³/mol. The SMILES string of the molecule is CCCCCCCC(O)(CCN1CCOCC1)c1ccc(OCC)cc1.Cl. The van der Waals surface area contributed by atoms with E-state index in [1.54, 1.807) is 0 Å². The number of hydrogen-bond acceptors (Lipinski definition) is 4. The summed E-state index contributed by atoms with van der Waals surface area (Å²) in [5.74, 6) is 0.870. The van der Waals surface area contributed by atoms with Crippen molar-refractivity contribution >= 4 is 12.4 Å². The van der Waals surface area contributed by atoms with Crippen molar-refractivity contribution in [1.29, 1.82) is 0 Å². The highest BCUT2D eigenvalue weighted by Crippen LogP contribution is 2.33. The van der Waals surface area contributed by atoms with Crippen molar-refractivity contribution in [3.05, 3.63) is 29.8 Å². The Hall–Kier alpha value is -0.810. The minimum absolute atomic E-state index is 0. The molecule has 1 saturated heterocycles. The van der Waals surface area contributed by atoms with Crippen LogP contribution in [0.3, 0.4) is 0 Å². The summed E-state index contributed by atoms with van der Waals surface area (Å²) in [7, 11) is 0. The predicted octanol–water partition coefficient (Wildman–Crippen LogP) is 4.78. The Balaban J connectivity index is 0.00000364. The van der Waals surface area contributed by atoms with Gasteiger partial charge in [0, 0.05) is 19.6 Å². The van der Waals surface area contributed by atoms with Crippen molar-refractivity contribution in [1.82, 2.24) is 4.90 Å². The summed E-state index contributed by atoms with van der Waals surface area (Å²) in [5, 5.41) is 11.5. The van der Waals surface area contributed by atoms with Gasteiger partial charge in [0.2, 0.25) is 0 Å². The van der Waals surface area contributed by atoms with E-state index in [1.807, 2.05) is 31.2 Å². The highest BCUT2D eigenvalue weighted by molar-refractivity contribution is 5.85. The molecule has 4 nitrogen and oxygen atoms in total. The van der Waals surface area contributed by atoms with Crippen molar-refractivity contribution in [3.63, 3.8) is 0 Å². The summed E-state index contributed by atoms with van der Waals surface area (Å²) >= 11 is 0. The number of benzene rings is 1. The van der Waals surface area contributed by atoms with Gasteiger partial charge in [0.05, 0.1) is 25.4 Å². The lowest BCUT2D eigenvalue weighted by Crippen LogP contribution is -2.40. The molecule has 1 fully saturated rings. The second-order valence-corrected chi connectivity index (χ2v) is 7.36. The third-order valence-corrected chi connectivity index (χ3v) is 5.34. The fraction of sp³-hybridized carbons (Fsp3) is 0.727. The third kappa shape index (κ3) is 8.39. The van der Waals surface area contributed by atoms with Crippen LogP contribution in [0.25, 0.3) is 0 Å². The molecule has 2 rings (SSSR count). The molecule has 0 spiro atoms. The highest BCUT2D eigenvalue weighted by Gasteiger charge is 2.29. The molecule has 1 aromatic carbocycles. The average molecular weight is 400 g/mol. The summed E-state index contributed by atoms with van der Waals surface area (Å²) in [4.78, 5) is 2.40. The molecule has 156 valence electrons. The van der Waals surface area contributed by atoms with Crippen LogP contribution in [0.5, 0.6) is 5.75 Å². The van der Waals surface area contributed by atoms with Crippen molar-refractivity contribution in [2.24, 2.45) is 0 Å². The molecule has 1 unspecified atom stereocenters. The largest absolute Gasteiger partial charge is 0.494 e. The molecule has 0 saturated carbocycles. The fourth-order valence-electron chi connectivity index (χ4n) is 3.63. The van der Waals surface area contributed by atoms with E-state index in [1.165, 1.54) is 25.7 Å². The minimum Gasteiger partial charge on any atom is -0.494 e. The zero-order valence-electron chi connectivity index (χ0n) is 17.1. The highest BCUT2D eigenvalue weighted by atomic mass is 35.5. The normalized spacial score (nSPS) is 17.1. The Morgan fingerprint density at radius 3 is 2.30 bits per heavy atom. The molecule has 0 radical (unpaired) electrons. The molecule has 0 amide bonds. The number of morpholine rings is 1. The van der Waals surface area contributed by atoms with Gasteiger partial charge in [-0.1, -0.05) is 51.2 Å². The number of aliphatic hydroxyl groups is 1. The number of nitrogens with zero attached hydrogens (tertiary/aromatic N) is 1. The molecule has 27 heavy (non-hydrogen) atoms. The maximum Gasteiger partial charge on any atom is 0.119 e. The maximum absolute atomic E-state index is 11.5. The summed E-state index contributed by atoms with van der Waals surface area (Å²) in [6.45, 7) is 9.35. The number of hydrogen-bond donors (Lipinski definition) is 1. The van der Waals surface area contributed by atoms with E-state index in [2.05, 4.69) is 11.8 Å². The zero-order chi connectivity index (χ0) is 18.7. The molecule has 5 heteroatoms. The Labute approximate surface area is 171 Å². The van der Waals surface area contributed by atoms with Gasteiger partial charge in [-0.15, -0.1) is 12.4 Å². The summed E-state index contributed by atoms with van der Waals surface area (Å²) in [6, 6.07) is 8.04. The van der Waals surface area contributed by atoms with E-state index in [0.717, 1.165) is 63.4 Å². The maximum atomic E-state index is 11.5. The second-order valence-electron chi connectivity index (χ2n) is 7.36. The van der Waals surface area contributed by atoms with Gasteiger partial charge < -0.3 is 14.6 Å². The third-order valence-electron chi connectivity index (χ3n) is 5.34. The first-order chi connectivity index (χ1) is 12.7. The number of unbranched alkanes of at least 4 members (excludes halogenated alkanes) is 4. The Kier molecular flexibility index (Phi) is 12.0. The van der Waals surface area contributed by atoms with E-state index < -0.39 is 5.60 Å². The monoisotopic (exact) mass is 399 g/mol. The first kappa shape index (κ1) is 24.2. The average Bonchev–Trinajstić information content (AvgIpc) is 2.68. The van der Waals surface area contributed by atoms with Crippen molar-refractivity contribution < 1.29 is 14.6 Å². The van der Waals surface area contributed by atoms with E-state index in [-0.39, 0.29) is 12.4 Å². The molecule has 1 aliphatic heterocycles. The van der Waals surface area contributed by atoms with Crippen LogP contribution in [0.4, 0.5) is 0 Å². The lowest BCUT2D eigenvalue weighted by Gasteiger charge is -2.33. The first-order valence-corrected chi connectivity index (χ1v) is 10.4. The van der Waals surface area contributed by atoms with Crippen LogP contribution in [0.2, 0.25) is 0 Å². The van der Waals surface area contributed by atoms with Gasteiger partial charge in [0.25, 0.3) is 0 Å². The molecular formula is C22H38ClNO3. The van der Waals surface area contributed by atoms with E-state index >= 15 is 0 Å². The van der Waals surface area contributed by atoms with Crippen molar-refractivity contribution in [2.75, 3.05) is 39.5 Å². The van der Waals surface area contributed by atoms with Crippen molar-refractivity contribution in [2.45, 2.75) is 64.4 Å². The lowest BCUT2D eigenvalue weighted by atomic mass is 9.85. The fourth-order valence-corrected chi connectivity index (χ4v) is 3.63. The Morgan fingerprint density at radius 2 is 1.67 bits per heavy atom. The number of rotatable bonds is 12. The molecule has 0 bridgehead atoms. The van der Waals surface area contributed by atoms with Gasteiger partial charge in [0.15, 0.2) is 0 Å².